The summed E-state index contributed by atoms with van der Waals surface area (Å²) in [5.41, 5.74) is 0.441. The first-order valence-electron chi connectivity index (χ1n) is 6.84. The van der Waals surface area contributed by atoms with Gasteiger partial charge in [0.05, 0.1) is 32.7 Å². The van der Waals surface area contributed by atoms with Crippen molar-refractivity contribution < 1.29 is 22.7 Å². The summed E-state index contributed by atoms with van der Waals surface area (Å²) in [7, 11) is -0.391. The Kier molecular flexibility index (Phi) is 4.92. The minimum absolute atomic E-state index is 0.0621. The van der Waals surface area contributed by atoms with Crippen LogP contribution in [0.4, 0.5) is 5.69 Å². The molecule has 0 heterocycles. The van der Waals surface area contributed by atoms with Gasteiger partial charge < -0.3 is 14.8 Å². The van der Waals surface area contributed by atoms with E-state index < -0.39 is 15.9 Å². The number of carbonyl (C=O) groups excluding carboxylic acids is 1. The predicted molar refractivity (Wildman–Crippen MR) is 82.7 cm³/mol. The van der Waals surface area contributed by atoms with E-state index in [9.17, 15) is 13.2 Å². The molecule has 0 bridgehead atoms. The van der Waals surface area contributed by atoms with Gasteiger partial charge in [-0.05, 0) is 25.0 Å². The monoisotopic (exact) mass is 328 g/mol. The smallest absolute Gasteiger partial charge is 0.239 e. The van der Waals surface area contributed by atoms with Crippen LogP contribution in [0.3, 0.4) is 0 Å². The highest BCUT2D eigenvalue weighted by atomic mass is 32.2. The quantitative estimate of drug-likeness (QED) is 0.809. The lowest BCUT2D eigenvalue weighted by molar-refractivity contribution is -0.116. The molecule has 1 N–H and O–H groups in total. The molecule has 0 spiro atoms. The third kappa shape index (κ3) is 4.11. The van der Waals surface area contributed by atoms with Crippen molar-refractivity contribution in [3.8, 4) is 11.5 Å². The summed E-state index contributed by atoms with van der Waals surface area (Å²) in [6, 6.07) is 4.94. The van der Waals surface area contributed by atoms with E-state index in [2.05, 4.69) is 5.32 Å². The molecule has 22 heavy (non-hydrogen) atoms. The predicted octanol–water partition coefficient (Wildman–Crippen LogP) is 1.07. The second kappa shape index (κ2) is 6.53. The lowest BCUT2D eigenvalue weighted by atomic mass is 10.2. The number of ether oxygens (including phenoxy) is 2. The number of nitrogens with zero attached hydrogens (tertiary/aromatic N) is 1. The number of rotatable bonds is 7. The first-order chi connectivity index (χ1) is 10.3. The van der Waals surface area contributed by atoms with Crippen LogP contribution < -0.4 is 14.8 Å². The lowest BCUT2D eigenvalue weighted by Crippen LogP contribution is -2.38. The zero-order chi connectivity index (χ0) is 16.3. The molecule has 0 aromatic heterocycles. The van der Waals surface area contributed by atoms with E-state index in [1.807, 2.05) is 0 Å². The molecule has 1 amide bonds. The maximum Gasteiger partial charge on any atom is 0.239 e. The fourth-order valence-corrected chi connectivity index (χ4v) is 3.23. The molecule has 8 heteroatoms. The molecular weight excluding hydrogens is 308 g/mol. The number of hydrogen-bond acceptors (Lipinski definition) is 5. The largest absolute Gasteiger partial charge is 0.497 e. The van der Waals surface area contributed by atoms with Gasteiger partial charge in [-0.2, -0.15) is 4.31 Å². The Bertz CT molecular complexity index is 655. The maximum absolute atomic E-state index is 12.2. The Labute approximate surface area is 130 Å². The molecule has 1 aromatic carbocycles. The highest BCUT2D eigenvalue weighted by molar-refractivity contribution is 7.88. The minimum atomic E-state index is -3.40. The van der Waals surface area contributed by atoms with Crippen molar-refractivity contribution in [2.45, 2.75) is 18.9 Å². The Morgan fingerprint density at radius 3 is 2.50 bits per heavy atom. The Morgan fingerprint density at radius 2 is 2.00 bits per heavy atom. The SMILES string of the molecule is COc1ccc(OC)c(NC(=O)CN(C2CC2)S(C)(=O)=O)c1. The fourth-order valence-electron chi connectivity index (χ4n) is 2.12. The molecule has 2 rings (SSSR count). The van der Waals surface area contributed by atoms with Crippen molar-refractivity contribution in [3.63, 3.8) is 0 Å². The van der Waals surface area contributed by atoms with Crippen molar-refractivity contribution in [3.05, 3.63) is 18.2 Å². The first kappa shape index (κ1) is 16.6. The van der Waals surface area contributed by atoms with Gasteiger partial charge in [0.25, 0.3) is 0 Å². The van der Waals surface area contributed by atoms with Crippen LogP contribution in [0.1, 0.15) is 12.8 Å². The van der Waals surface area contributed by atoms with E-state index in [0.29, 0.717) is 17.2 Å². The Hall–Kier alpha value is -1.80. The summed E-state index contributed by atoms with van der Waals surface area (Å²) >= 11 is 0. The van der Waals surface area contributed by atoms with Crippen LogP contribution in [0.2, 0.25) is 0 Å². The van der Waals surface area contributed by atoms with Crippen molar-refractivity contribution in [1.29, 1.82) is 0 Å². The summed E-state index contributed by atoms with van der Waals surface area (Å²) in [6.07, 6.45) is 2.70. The number of carbonyl (C=O) groups is 1. The van der Waals surface area contributed by atoms with Crippen molar-refractivity contribution in [2.75, 3.05) is 32.3 Å². The maximum atomic E-state index is 12.2. The highest BCUT2D eigenvalue weighted by Crippen LogP contribution is 2.30. The normalized spacial score (nSPS) is 14.7. The minimum Gasteiger partial charge on any atom is -0.497 e. The van der Waals surface area contributed by atoms with E-state index in [4.69, 9.17) is 9.47 Å². The molecule has 1 aromatic rings. The molecular formula is C14H20N2O5S. The van der Waals surface area contributed by atoms with E-state index in [0.717, 1.165) is 19.1 Å². The standard InChI is InChI=1S/C14H20N2O5S/c1-20-11-6-7-13(21-2)12(8-11)15-14(17)9-16(10-4-5-10)22(3,18)19/h6-8,10H,4-5,9H2,1-3H3,(H,15,17). The average Bonchev–Trinajstić information content (AvgIpc) is 3.28. The number of benzene rings is 1. The van der Waals surface area contributed by atoms with Crippen LogP contribution >= 0.6 is 0 Å². The van der Waals surface area contributed by atoms with Crippen molar-refractivity contribution in [2.24, 2.45) is 0 Å². The third-order valence-corrected chi connectivity index (χ3v) is 4.64. The van der Waals surface area contributed by atoms with Crippen molar-refractivity contribution >= 4 is 21.6 Å². The van der Waals surface area contributed by atoms with Gasteiger partial charge in [0.15, 0.2) is 0 Å². The molecule has 1 fully saturated rings. The van der Waals surface area contributed by atoms with Crippen LogP contribution in [-0.4, -0.2) is 51.7 Å². The Morgan fingerprint density at radius 1 is 1.32 bits per heavy atom. The summed E-state index contributed by atoms with van der Waals surface area (Å²) in [5, 5.41) is 2.67. The van der Waals surface area contributed by atoms with Crippen molar-refractivity contribution in [1.82, 2.24) is 4.31 Å². The summed E-state index contributed by atoms with van der Waals surface area (Å²) in [4.78, 5) is 12.2. The van der Waals surface area contributed by atoms with Crippen LogP contribution in [0, 0.1) is 0 Å². The molecule has 0 unspecified atom stereocenters. The highest BCUT2D eigenvalue weighted by Gasteiger charge is 2.36. The van der Waals surface area contributed by atoms with Crippen LogP contribution in [0.15, 0.2) is 18.2 Å². The van der Waals surface area contributed by atoms with Gasteiger partial charge in [-0.25, -0.2) is 8.42 Å². The first-order valence-corrected chi connectivity index (χ1v) is 8.68. The summed E-state index contributed by atoms with van der Waals surface area (Å²) in [5.74, 6) is 0.633. The molecule has 1 aliphatic carbocycles. The van der Waals surface area contributed by atoms with E-state index >= 15 is 0 Å². The van der Waals surface area contributed by atoms with E-state index in [-0.39, 0.29) is 12.6 Å². The molecule has 0 atom stereocenters. The van der Waals surface area contributed by atoms with Gasteiger partial charge in [0.2, 0.25) is 15.9 Å². The van der Waals surface area contributed by atoms with Gasteiger partial charge in [0, 0.05) is 12.1 Å². The molecule has 0 radical (unpaired) electrons. The number of nitrogens with one attached hydrogen (secondary N) is 1. The number of anilines is 1. The topological polar surface area (TPSA) is 84.9 Å². The average molecular weight is 328 g/mol. The van der Waals surface area contributed by atoms with Crippen LogP contribution in [0.5, 0.6) is 11.5 Å². The molecule has 1 aliphatic rings. The van der Waals surface area contributed by atoms with E-state index in [1.165, 1.54) is 18.5 Å². The number of sulfonamides is 1. The zero-order valence-corrected chi connectivity index (χ0v) is 13.6. The second-order valence-corrected chi connectivity index (χ2v) is 7.09. The number of methoxy groups -OCH3 is 2. The van der Waals surface area contributed by atoms with Crippen LogP contribution in [-0.2, 0) is 14.8 Å². The Balaban J connectivity index is 2.11. The molecule has 1 saturated carbocycles. The number of hydrogen-bond donors (Lipinski definition) is 1. The van der Waals surface area contributed by atoms with E-state index in [1.54, 1.807) is 18.2 Å². The third-order valence-electron chi connectivity index (χ3n) is 3.36. The van der Waals surface area contributed by atoms with Gasteiger partial charge >= 0.3 is 0 Å². The molecule has 7 nitrogen and oxygen atoms in total. The molecule has 0 aliphatic heterocycles. The lowest BCUT2D eigenvalue weighted by Gasteiger charge is -2.19. The molecule has 0 saturated heterocycles. The second-order valence-electron chi connectivity index (χ2n) is 5.15. The fraction of sp³-hybridized carbons (Fsp3) is 0.500. The van der Waals surface area contributed by atoms with Crippen LogP contribution in [0.25, 0.3) is 0 Å². The van der Waals surface area contributed by atoms with Gasteiger partial charge in [-0.1, -0.05) is 0 Å². The van der Waals surface area contributed by atoms with Gasteiger partial charge in [0.1, 0.15) is 11.5 Å². The van der Waals surface area contributed by atoms with Gasteiger partial charge in [-0.3, -0.25) is 4.79 Å². The summed E-state index contributed by atoms with van der Waals surface area (Å²) in [6.45, 7) is -0.204. The molecule has 122 valence electrons. The van der Waals surface area contributed by atoms with Gasteiger partial charge in [-0.15, -0.1) is 0 Å². The number of amides is 1. The summed E-state index contributed by atoms with van der Waals surface area (Å²) < 4.78 is 35.0. The zero-order valence-electron chi connectivity index (χ0n) is 12.8.